The fraction of sp³-hybridized carbons (Fsp3) is 0.463. The molecule has 3 nitrogen and oxygen atoms in total. The zero-order chi connectivity index (χ0) is 32.8. The van der Waals surface area contributed by atoms with Gasteiger partial charge in [-0.05, 0) is 119 Å². The molecule has 0 atom stereocenters. The van der Waals surface area contributed by atoms with Gasteiger partial charge in [-0.3, -0.25) is 4.98 Å². The Kier molecular flexibility index (Phi) is 6.05. The molecule has 0 unspecified atom stereocenters. The molecular weight excluding hydrogens is 616 g/mol. The number of ether oxygens (including phenoxy) is 1. The molecule has 4 heteroatoms. The number of pyridine rings is 2. The summed E-state index contributed by atoms with van der Waals surface area (Å²) in [6, 6.07) is 22.1. The third kappa shape index (κ3) is 3.43. The first-order chi connectivity index (χ1) is 20.8. The summed E-state index contributed by atoms with van der Waals surface area (Å²) in [7, 11) is 0. The number of nitrogens with zero attached hydrogens (tertiary/aromatic N) is 2. The maximum absolute atomic E-state index is 7.15. The highest BCUT2D eigenvalue weighted by Gasteiger charge is 2.61. The van der Waals surface area contributed by atoms with Gasteiger partial charge in [0, 0.05) is 17.3 Å². The minimum absolute atomic E-state index is 0.0155. The van der Waals surface area contributed by atoms with E-state index in [1.807, 2.05) is 18.3 Å². The Bertz CT molecular complexity index is 1800. The lowest BCUT2D eigenvalue weighted by molar-refractivity contribution is 0.125. The van der Waals surface area contributed by atoms with Gasteiger partial charge in [-0.25, -0.2) is 4.98 Å². The van der Waals surface area contributed by atoms with Gasteiger partial charge in [0.15, 0.2) is 0 Å². The first-order valence-corrected chi connectivity index (χ1v) is 17.2. The highest BCUT2D eigenvalue weighted by atomic mass is 79.9. The molecule has 0 saturated carbocycles. The van der Waals surface area contributed by atoms with Gasteiger partial charge in [0.2, 0.25) is 0 Å². The number of hydrogen-bond acceptors (Lipinski definition) is 3. The number of fused-ring (bicyclic) bond motifs is 4. The van der Waals surface area contributed by atoms with Crippen molar-refractivity contribution in [2.24, 2.45) is 10.8 Å². The largest absolute Gasteiger partial charge is 0.457 e. The number of benzene rings is 2. The van der Waals surface area contributed by atoms with Crippen molar-refractivity contribution in [2.45, 2.75) is 110 Å². The molecule has 1 aliphatic heterocycles. The van der Waals surface area contributed by atoms with E-state index in [4.69, 9.17) is 14.7 Å². The minimum atomic E-state index is -0.794. The van der Waals surface area contributed by atoms with Crippen molar-refractivity contribution in [3.63, 3.8) is 0 Å². The third-order valence-corrected chi connectivity index (χ3v) is 14.8. The third-order valence-electron chi connectivity index (χ3n) is 14.4. The molecule has 2 aromatic carbocycles. The van der Waals surface area contributed by atoms with E-state index < -0.39 is 5.41 Å². The number of hydrogen-bond donors (Lipinski definition) is 0. The maximum atomic E-state index is 7.15. The van der Waals surface area contributed by atoms with Crippen LogP contribution in [0, 0.1) is 10.8 Å². The van der Waals surface area contributed by atoms with Crippen molar-refractivity contribution in [1.82, 2.24) is 9.97 Å². The molecular formula is C41H47BrN2O. The van der Waals surface area contributed by atoms with E-state index in [0.717, 1.165) is 38.6 Å². The van der Waals surface area contributed by atoms with Gasteiger partial charge in [0.25, 0.3) is 0 Å². The molecule has 0 N–H and O–H groups in total. The number of halogens is 1. The summed E-state index contributed by atoms with van der Waals surface area (Å²) >= 11 is 3.74. The van der Waals surface area contributed by atoms with Crippen molar-refractivity contribution in [3.05, 3.63) is 116 Å². The fourth-order valence-corrected chi connectivity index (χ4v) is 9.38. The average Bonchev–Trinajstić information content (AvgIpc) is 3.14. The van der Waals surface area contributed by atoms with E-state index in [9.17, 15) is 0 Å². The van der Waals surface area contributed by atoms with Gasteiger partial charge >= 0.3 is 0 Å². The van der Waals surface area contributed by atoms with Gasteiger partial charge in [-0.2, -0.15) is 0 Å². The van der Waals surface area contributed by atoms with Crippen LogP contribution in [0.5, 0.6) is 11.5 Å². The zero-order valence-electron chi connectivity index (χ0n) is 29.0. The molecule has 2 aliphatic carbocycles. The molecule has 0 saturated heterocycles. The van der Waals surface area contributed by atoms with E-state index in [0.29, 0.717) is 0 Å². The summed E-state index contributed by atoms with van der Waals surface area (Å²) in [5.74, 6) is 1.79. The van der Waals surface area contributed by atoms with E-state index in [1.54, 1.807) is 0 Å². The summed E-state index contributed by atoms with van der Waals surface area (Å²) < 4.78 is 7.95. The number of rotatable bonds is 2. The molecule has 3 aliphatic rings. The van der Waals surface area contributed by atoms with E-state index >= 15 is 0 Å². The molecule has 0 fully saturated rings. The summed E-state index contributed by atoms with van der Waals surface area (Å²) in [4.78, 5) is 10.4. The van der Waals surface area contributed by atoms with Crippen molar-refractivity contribution in [2.75, 3.05) is 0 Å². The maximum Gasteiger partial charge on any atom is 0.132 e. The average molecular weight is 664 g/mol. The van der Waals surface area contributed by atoms with Gasteiger partial charge in [0.05, 0.1) is 11.4 Å². The smallest absolute Gasteiger partial charge is 0.132 e. The van der Waals surface area contributed by atoms with Crippen LogP contribution in [-0.2, 0) is 27.1 Å². The van der Waals surface area contributed by atoms with Gasteiger partial charge in [0.1, 0.15) is 21.5 Å². The minimum Gasteiger partial charge on any atom is -0.457 e. The predicted molar refractivity (Wildman–Crippen MR) is 188 cm³/mol. The van der Waals surface area contributed by atoms with Crippen molar-refractivity contribution < 1.29 is 4.74 Å². The molecule has 234 valence electrons. The Hall–Kier alpha value is -2.98. The molecule has 2 aromatic heterocycles. The van der Waals surface area contributed by atoms with Gasteiger partial charge in [-0.15, -0.1) is 0 Å². The first kappa shape index (κ1) is 30.7. The van der Waals surface area contributed by atoms with Crippen LogP contribution in [0.1, 0.15) is 128 Å². The molecule has 0 bridgehead atoms. The van der Waals surface area contributed by atoms with Gasteiger partial charge < -0.3 is 4.74 Å². The Balaban J connectivity index is 1.68. The summed E-state index contributed by atoms with van der Waals surface area (Å²) in [5, 5.41) is 0. The second-order valence-electron chi connectivity index (χ2n) is 17.0. The monoisotopic (exact) mass is 662 g/mol. The SMILES string of the molecule is CC1(C)c2cc3c(cc2C(C)(C)C1(C)C)C(c1ccccn1)(c1cccc(Br)n1)c1cc2c(cc1O3)C(C)(C)C(C)(C)C2(C)C. The lowest BCUT2D eigenvalue weighted by Gasteiger charge is -2.44. The van der Waals surface area contributed by atoms with Crippen LogP contribution in [0.3, 0.4) is 0 Å². The fourth-order valence-electron chi connectivity index (χ4n) is 9.04. The van der Waals surface area contributed by atoms with Crippen LogP contribution in [-0.4, -0.2) is 9.97 Å². The Morgan fingerprint density at radius 1 is 0.511 bits per heavy atom. The van der Waals surface area contributed by atoms with Crippen LogP contribution in [0.2, 0.25) is 0 Å². The van der Waals surface area contributed by atoms with Crippen molar-refractivity contribution >= 4 is 15.9 Å². The molecule has 3 heterocycles. The highest BCUT2D eigenvalue weighted by molar-refractivity contribution is 9.10. The van der Waals surface area contributed by atoms with Crippen LogP contribution < -0.4 is 4.74 Å². The highest BCUT2D eigenvalue weighted by Crippen LogP contribution is 2.67. The van der Waals surface area contributed by atoms with E-state index in [-0.39, 0.29) is 32.5 Å². The van der Waals surface area contributed by atoms with E-state index in [1.165, 1.54) is 22.3 Å². The van der Waals surface area contributed by atoms with Crippen molar-refractivity contribution in [3.8, 4) is 11.5 Å². The van der Waals surface area contributed by atoms with Crippen LogP contribution in [0.25, 0.3) is 0 Å². The second kappa shape index (κ2) is 8.88. The summed E-state index contributed by atoms with van der Waals surface area (Å²) in [5.41, 5.74) is 8.55. The lowest BCUT2D eigenvalue weighted by atomic mass is 9.59. The van der Waals surface area contributed by atoms with Crippen molar-refractivity contribution in [1.29, 1.82) is 0 Å². The Morgan fingerprint density at radius 3 is 1.38 bits per heavy atom. The Labute approximate surface area is 278 Å². The van der Waals surface area contributed by atoms with Crippen LogP contribution in [0.15, 0.2) is 71.5 Å². The molecule has 7 rings (SSSR count). The number of aromatic nitrogens is 2. The normalized spacial score (nSPS) is 22.9. The molecule has 0 spiro atoms. The van der Waals surface area contributed by atoms with E-state index in [2.05, 4.69) is 148 Å². The van der Waals surface area contributed by atoms with Crippen LogP contribution in [0.4, 0.5) is 0 Å². The quantitative estimate of drug-likeness (QED) is 0.176. The Morgan fingerprint density at radius 2 is 0.956 bits per heavy atom. The lowest BCUT2D eigenvalue weighted by Crippen LogP contribution is -2.42. The zero-order valence-corrected chi connectivity index (χ0v) is 30.6. The summed E-state index contributed by atoms with van der Waals surface area (Å²) in [6.45, 7) is 28.9. The summed E-state index contributed by atoms with van der Waals surface area (Å²) in [6.07, 6.45) is 1.91. The molecule has 0 amide bonds. The standard InChI is InChI=1S/C41H47BrN2O/c1-35(2)24-20-28-30(22-26(24)37(5,6)39(35,9)10)45-31-23-27-25(36(3,4)40(11,12)38(27,7)8)21-29(31)41(28,32-16-13-14-19-43-32)33-17-15-18-34(42)44-33/h13-23H,1-12H3. The molecule has 45 heavy (non-hydrogen) atoms. The predicted octanol–water partition coefficient (Wildman–Crippen LogP) is 10.9. The van der Waals surface area contributed by atoms with Gasteiger partial charge in [-0.1, -0.05) is 95.2 Å². The second-order valence-corrected chi connectivity index (χ2v) is 17.8. The first-order valence-electron chi connectivity index (χ1n) is 16.4. The molecule has 0 radical (unpaired) electrons. The topological polar surface area (TPSA) is 35.0 Å². The van der Waals surface area contributed by atoms with Crippen LogP contribution >= 0.6 is 15.9 Å². The molecule has 4 aromatic rings.